The third-order valence-electron chi connectivity index (χ3n) is 4.21. The van der Waals surface area contributed by atoms with Gasteiger partial charge in [0.05, 0.1) is 29.8 Å². The predicted molar refractivity (Wildman–Crippen MR) is 77.2 cm³/mol. The van der Waals surface area contributed by atoms with E-state index in [0.717, 1.165) is 25.4 Å². The van der Waals surface area contributed by atoms with Gasteiger partial charge in [-0.3, -0.25) is 4.90 Å². The maximum Gasteiger partial charge on any atom is 0.417 e. The summed E-state index contributed by atoms with van der Waals surface area (Å²) in [6.45, 7) is 5.63. The smallest absolute Gasteiger partial charge is 0.378 e. The number of fused-ring (bicyclic) bond motifs is 1. The van der Waals surface area contributed by atoms with E-state index < -0.39 is 11.7 Å². The Hall–Kier alpha value is -1.05. The fourth-order valence-corrected chi connectivity index (χ4v) is 3.37. The average Bonchev–Trinajstić information content (AvgIpc) is 2.46. The molecule has 2 aliphatic heterocycles. The Bertz CT molecular complexity index is 555. The van der Waals surface area contributed by atoms with Crippen LogP contribution in [0.3, 0.4) is 0 Å². The van der Waals surface area contributed by atoms with Crippen molar-refractivity contribution in [1.82, 2.24) is 9.88 Å². The Morgan fingerprint density at radius 3 is 2.77 bits per heavy atom. The first-order chi connectivity index (χ1) is 10.4. The minimum Gasteiger partial charge on any atom is -0.378 e. The van der Waals surface area contributed by atoms with E-state index in [1.54, 1.807) is 0 Å². The van der Waals surface area contributed by atoms with E-state index in [0.29, 0.717) is 31.6 Å². The molecule has 2 fully saturated rings. The number of aromatic nitrogens is 1. The van der Waals surface area contributed by atoms with E-state index >= 15 is 0 Å². The minimum absolute atomic E-state index is 0.0352. The Morgan fingerprint density at radius 1 is 1.32 bits per heavy atom. The topological polar surface area (TPSA) is 28.6 Å². The van der Waals surface area contributed by atoms with Gasteiger partial charge in [-0.2, -0.15) is 13.2 Å². The molecule has 0 amide bonds. The van der Waals surface area contributed by atoms with Crippen molar-refractivity contribution in [3.63, 3.8) is 0 Å². The lowest BCUT2D eigenvalue weighted by Crippen LogP contribution is -2.61. The summed E-state index contributed by atoms with van der Waals surface area (Å²) in [5, 5.41) is 0.0352. The molecule has 2 saturated heterocycles. The second-order valence-corrected chi connectivity index (χ2v) is 6.16. The Kier molecular flexibility index (Phi) is 4.22. The number of ether oxygens (including phenoxy) is 1. The maximum absolute atomic E-state index is 12.7. The van der Waals surface area contributed by atoms with Crippen molar-refractivity contribution in [2.75, 3.05) is 37.7 Å². The fourth-order valence-electron chi connectivity index (χ4n) is 3.08. The molecule has 3 heterocycles. The summed E-state index contributed by atoms with van der Waals surface area (Å²) in [4.78, 5) is 8.25. The summed E-state index contributed by atoms with van der Waals surface area (Å²) >= 11 is 6.02. The summed E-state index contributed by atoms with van der Waals surface area (Å²) in [5.41, 5.74) is -0.825. The van der Waals surface area contributed by atoms with Crippen LogP contribution in [0.5, 0.6) is 0 Å². The number of halogens is 4. The molecular weight excluding hydrogens is 319 g/mol. The fraction of sp³-hybridized carbons (Fsp3) is 0.643. The summed E-state index contributed by atoms with van der Waals surface area (Å²) in [6, 6.07) is 1.52. The SMILES string of the molecule is C[C@H]1COC[C@H]2CN(c3ncc(C(F)(F)F)cc3Cl)CCN21. The molecule has 2 aliphatic rings. The predicted octanol–water partition coefficient (Wildman–Crippen LogP) is 2.66. The lowest BCUT2D eigenvalue weighted by Gasteiger charge is -2.47. The number of alkyl halides is 3. The van der Waals surface area contributed by atoms with Crippen LogP contribution < -0.4 is 4.90 Å². The Labute approximate surface area is 131 Å². The molecule has 4 nitrogen and oxygen atoms in total. The molecule has 1 aromatic heterocycles. The van der Waals surface area contributed by atoms with Gasteiger partial charge < -0.3 is 9.64 Å². The molecule has 2 atom stereocenters. The number of rotatable bonds is 1. The monoisotopic (exact) mass is 335 g/mol. The van der Waals surface area contributed by atoms with Crippen LogP contribution >= 0.6 is 11.6 Å². The molecule has 3 rings (SSSR count). The van der Waals surface area contributed by atoms with E-state index in [1.807, 2.05) is 4.90 Å². The zero-order valence-electron chi connectivity index (χ0n) is 12.1. The van der Waals surface area contributed by atoms with E-state index in [1.165, 1.54) is 0 Å². The molecule has 0 aliphatic carbocycles. The lowest BCUT2D eigenvalue weighted by molar-refractivity contribution is -0.137. The number of piperazine rings is 1. The van der Waals surface area contributed by atoms with Crippen LogP contribution in [-0.4, -0.2) is 54.8 Å². The van der Waals surface area contributed by atoms with Crippen molar-refractivity contribution in [3.05, 3.63) is 22.8 Å². The van der Waals surface area contributed by atoms with Gasteiger partial charge in [0.25, 0.3) is 0 Å². The van der Waals surface area contributed by atoms with Crippen LogP contribution in [0.2, 0.25) is 5.02 Å². The molecule has 8 heteroatoms. The first-order valence-corrected chi connectivity index (χ1v) is 7.55. The summed E-state index contributed by atoms with van der Waals surface area (Å²) in [7, 11) is 0. The Morgan fingerprint density at radius 2 is 2.09 bits per heavy atom. The molecule has 122 valence electrons. The number of hydrogen-bond donors (Lipinski definition) is 0. The number of anilines is 1. The normalized spacial score (nSPS) is 26.9. The van der Waals surface area contributed by atoms with E-state index in [2.05, 4.69) is 16.8 Å². The highest BCUT2D eigenvalue weighted by Gasteiger charge is 2.36. The van der Waals surface area contributed by atoms with Crippen molar-refractivity contribution in [2.24, 2.45) is 0 Å². The van der Waals surface area contributed by atoms with Gasteiger partial charge in [0.2, 0.25) is 0 Å². The largest absolute Gasteiger partial charge is 0.417 e. The van der Waals surface area contributed by atoms with Crippen LogP contribution in [0.4, 0.5) is 19.0 Å². The standard InChI is InChI=1S/C14H17ClF3N3O/c1-9-7-22-8-11-6-20(2-3-21(9)11)13-12(15)4-10(5-19-13)14(16,17)18/h4-5,9,11H,2-3,6-8H2,1H3/t9-,11+/m0/s1. The molecule has 0 aromatic carbocycles. The van der Waals surface area contributed by atoms with Crippen LogP contribution in [0.15, 0.2) is 12.3 Å². The van der Waals surface area contributed by atoms with Gasteiger partial charge in [0, 0.05) is 31.9 Å². The van der Waals surface area contributed by atoms with Gasteiger partial charge in [0.1, 0.15) is 5.82 Å². The highest BCUT2D eigenvalue weighted by molar-refractivity contribution is 6.33. The quantitative estimate of drug-likeness (QED) is 0.789. The van der Waals surface area contributed by atoms with Crippen molar-refractivity contribution < 1.29 is 17.9 Å². The van der Waals surface area contributed by atoms with Crippen molar-refractivity contribution >= 4 is 17.4 Å². The van der Waals surface area contributed by atoms with Crippen LogP contribution in [0, 0.1) is 0 Å². The van der Waals surface area contributed by atoms with Crippen molar-refractivity contribution in [1.29, 1.82) is 0 Å². The number of hydrogen-bond acceptors (Lipinski definition) is 4. The number of pyridine rings is 1. The Balaban J connectivity index is 1.78. The molecule has 0 spiro atoms. The zero-order chi connectivity index (χ0) is 15.9. The van der Waals surface area contributed by atoms with E-state index in [4.69, 9.17) is 16.3 Å². The molecule has 0 unspecified atom stereocenters. The van der Waals surface area contributed by atoms with Gasteiger partial charge in [-0.25, -0.2) is 4.98 Å². The van der Waals surface area contributed by atoms with Crippen LogP contribution in [0.25, 0.3) is 0 Å². The second-order valence-electron chi connectivity index (χ2n) is 5.75. The van der Waals surface area contributed by atoms with Crippen molar-refractivity contribution in [3.8, 4) is 0 Å². The van der Waals surface area contributed by atoms with Crippen LogP contribution in [-0.2, 0) is 10.9 Å². The first-order valence-electron chi connectivity index (χ1n) is 7.17. The average molecular weight is 336 g/mol. The van der Waals surface area contributed by atoms with Crippen LogP contribution in [0.1, 0.15) is 12.5 Å². The molecule has 0 radical (unpaired) electrons. The third kappa shape index (κ3) is 3.02. The molecule has 0 bridgehead atoms. The summed E-state index contributed by atoms with van der Waals surface area (Å²) in [6.07, 6.45) is -3.59. The van der Waals surface area contributed by atoms with Gasteiger partial charge in [-0.1, -0.05) is 11.6 Å². The molecule has 0 saturated carbocycles. The number of morpholine rings is 1. The summed E-state index contributed by atoms with van der Waals surface area (Å²) < 4.78 is 43.6. The summed E-state index contributed by atoms with van der Waals surface area (Å²) in [5.74, 6) is 0.410. The van der Waals surface area contributed by atoms with Gasteiger partial charge in [-0.05, 0) is 13.0 Å². The molecular formula is C14H17ClF3N3O. The highest BCUT2D eigenvalue weighted by atomic mass is 35.5. The number of nitrogens with zero attached hydrogens (tertiary/aromatic N) is 3. The molecule has 0 N–H and O–H groups in total. The molecule has 22 heavy (non-hydrogen) atoms. The van der Waals surface area contributed by atoms with Gasteiger partial charge in [-0.15, -0.1) is 0 Å². The first kappa shape index (κ1) is 15.8. The van der Waals surface area contributed by atoms with Gasteiger partial charge >= 0.3 is 6.18 Å². The second kappa shape index (κ2) is 5.86. The van der Waals surface area contributed by atoms with E-state index in [9.17, 15) is 13.2 Å². The zero-order valence-corrected chi connectivity index (χ0v) is 12.9. The minimum atomic E-state index is -4.43. The van der Waals surface area contributed by atoms with Crippen molar-refractivity contribution in [2.45, 2.75) is 25.2 Å². The highest BCUT2D eigenvalue weighted by Crippen LogP contribution is 2.34. The van der Waals surface area contributed by atoms with Gasteiger partial charge in [0.15, 0.2) is 0 Å². The van der Waals surface area contributed by atoms with E-state index in [-0.39, 0.29) is 11.1 Å². The lowest BCUT2D eigenvalue weighted by atomic mass is 10.1. The third-order valence-corrected chi connectivity index (χ3v) is 4.49. The molecule has 1 aromatic rings. The maximum atomic E-state index is 12.7.